The standard InChI is InChI=1S/C7H7F3N2.C2H6/c1-4-5(11)2-3-6(12-4)7(8,9)10;1-2/h2-3H,11H2,1H3;1-2H3. The van der Waals surface area contributed by atoms with Crippen molar-refractivity contribution in [3.63, 3.8) is 0 Å². The Morgan fingerprint density at radius 3 is 2.07 bits per heavy atom. The van der Waals surface area contributed by atoms with Gasteiger partial charge in [0.15, 0.2) is 0 Å². The molecule has 0 saturated heterocycles. The van der Waals surface area contributed by atoms with Crippen LogP contribution in [0, 0.1) is 6.92 Å². The molecule has 0 aliphatic heterocycles. The Balaban J connectivity index is 0.000000791. The van der Waals surface area contributed by atoms with Crippen LogP contribution in [0.1, 0.15) is 25.2 Å². The van der Waals surface area contributed by atoms with Crippen molar-refractivity contribution < 1.29 is 13.2 Å². The molecule has 14 heavy (non-hydrogen) atoms. The smallest absolute Gasteiger partial charge is 0.397 e. The van der Waals surface area contributed by atoms with Gasteiger partial charge in [0.2, 0.25) is 0 Å². The fourth-order valence-electron chi connectivity index (χ4n) is 0.730. The summed E-state index contributed by atoms with van der Waals surface area (Å²) in [5.74, 6) is 0. The van der Waals surface area contributed by atoms with Gasteiger partial charge in [0, 0.05) is 0 Å². The molecule has 0 radical (unpaired) electrons. The third kappa shape index (κ3) is 3.24. The predicted octanol–water partition coefficient (Wildman–Crippen LogP) is 3.02. The lowest BCUT2D eigenvalue weighted by Gasteiger charge is -2.06. The highest BCUT2D eigenvalue weighted by molar-refractivity contribution is 5.42. The molecule has 0 atom stereocenters. The topological polar surface area (TPSA) is 38.9 Å². The quantitative estimate of drug-likeness (QED) is 0.708. The number of anilines is 1. The summed E-state index contributed by atoms with van der Waals surface area (Å²) >= 11 is 0. The molecular formula is C9H13F3N2. The minimum Gasteiger partial charge on any atom is -0.397 e. The Morgan fingerprint density at radius 2 is 1.71 bits per heavy atom. The van der Waals surface area contributed by atoms with Crippen molar-refractivity contribution in [2.45, 2.75) is 26.9 Å². The van der Waals surface area contributed by atoms with Crippen LogP contribution < -0.4 is 5.73 Å². The number of aromatic nitrogens is 1. The van der Waals surface area contributed by atoms with Gasteiger partial charge < -0.3 is 5.73 Å². The maximum atomic E-state index is 12.0. The van der Waals surface area contributed by atoms with E-state index in [1.54, 1.807) is 0 Å². The summed E-state index contributed by atoms with van der Waals surface area (Å²) in [6, 6.07) is 2.06. The van der Waals surface area contributed by atoms with E-state index in [2.05, 4.69) is 4.98 Å². The second-order valence-corrected chi connectivity index (χ2v) is 2.37. The Kier molecular flexibility index (Phi) is 4.40. The van der Waals surface area contributed by atoms with E-state index in [4.69, 9.17) is 5.73 Å². The molecule has 5 heteroatoms. The van der Waals surface area contributed by atoms with E-state index in [1.807, 2.05) is 13.8 Å². The zero-order chi connectivity index (χ0) is 11.4. The minimum atomic E-state index is -4.39. The number of nitrogens with zero attached hydrogens (tertiary/aromatic N) is 1. The molecule has 0 aliphatic carbocycles. The first-order valence-corrected chi connectivity index (χ1v) is 4.21. The first-order valence-electron chi connectivity index (χ1n) is 4.21. The van der Waals surface area contributed by atoms with Crippen molar-refractivity contribution in [2.75, 3.05) is 5.73 Å². The first kappa shape index (κ1) is 12.7. The Labute approximate surface area is 81.0 Å². The van der Waals surface area contributed by atoms with Crippen LogP contribution in [-0.4, -0.2) is 4.98 Å². The first-order chi connectivity index (χ1) is 6.41. The Bertz CT molecular complexity index is 295. The lowest BCUT2D eigenvalue weighted by Crippen LogP contribution is -2.09. The largest absolute Gasteiger partial charge is 0.433 e. The highest BCUT2D eigenvalue weighted by Crippen LogP contribution is 2.28. The summed E-state index contributed by atoms with van der Waals surface area (Å²) in [4.78, 5) is 3.29. The highest BCUT2D eigenvalue weighted by Gasteiger charge is 2.32. The van der Waals surface area contributed by atoms with Crippen LogP contribution in [0.5, 0.6) is 0 Å². The Morgan fingerprint density at radius 1 is 1.21 bits per heavy atom. The van der Waals surface area contributed by atoms with Crippen molar-refractivity contribution >= 4 is 5.69 Å². The van der Waals surface area contributed by atoms with Crippen LogP contribution in [0.3, 0.4) is 0 Å². The summed E-state index contributed by atoms with van der Waals surface area (Å²) in [6.07, 6.45) is -4.39. The molecule has 0 saturated carbocycles. The third-order valence-electron chi connectivity index (χ3n) is 1.42. The summed E-state index contributed by atoms with van der Waals surface area (Å²) in [6.45, 7) is 5.44. The molecule has 0 amide bonds. The van der Waals surface area contributed by atoms with Gasteiger partial charge in [-0.2, -0.15) is 13.2 Å². The molecule has 2 nitrogen and oxygen atoms in total. The molecular weight excluding hydrogens is 193 g/mol. The normalized spacial score (nSPS) is 10.4. The number of hydrogen-bond acceptors (Lipinski definition) is 2. The van der Waals surface area contributed by atoms with Crippen molar-refractivity contribution in [3.8, 4) is 0 Å². The van der Waals surface area contributed by atoms with Crippen LogP contribution >= 0.6 is 0 Å². The van der Waals surface area contributed by atoms with E-state index in [9.17, 15) is 13.2 Å². The highest BCUT2D eigenvalue weighted by atomic mass is 19.4. The lowest BCUT2D eigenvalue weighted by molar-refractivity contribution is -0.141. The molecule has 0 bridgehead atoms. The van der Waals surface area contributed by atoms with Gasteiger partial charge >= 0.3 is 6.18 Å². The second kappa shape index (κ2) is 4.83. The molecule has 2 N–H and O–H groups in total. The molecule has 0 spiro atoms. The minimum absolute atomic E-state index is 0.199. The van der Waals surface area contributed by atoms with Crippen LogP contribution in [0.15, 0.2) is 12.1 Å². The number of hydrogen-bond donors (Lipinski definition) is 1. The van der Waals surface area contributed by atoms with Gasteiger partial charge in [0.25, 0.3) is 0 Å². The van der Waals surface area contributed by atoms with Gasteiger partial charge in [-0.05, 0) is 19.1 Å². The van der Waals surface area contributed by atoms with Crippen molar-refractivity contribution in [2.24, 2.45) is 0 Å². The molecule has 0 unspecified atom stereocenters. The number of aryl methyl sites for hydroxylation is 1. The molecule has 0 fully saturated rings. The van der Waals surface area contributed by atoms with Gasteiger partial charge in [-0.25, -0.2) is 4.98 Å². The average Bonchev–Trinajstić information content (AvgIpc) is 2.11. The molecule has 1 aromatic heterocycles. The zero-order valence-electron chi connectivity index (χ0n) is 8.31. The molecule has 80 valence electrons. The summed E-state index contributed by atoms with van der Waals surface area (Å²) in [7, 11) is 0. The fourth-order valence-corrected chi connectivity index (χ4v) is 0.730. The number of alkyl halides is 3. The molecule has 1 heterocycles. The van der Waals surface area contributed by atoms with Crippen LogP contribution in [0.25, 0.3) is 0 Å². The van der Waals surface area contributed by atoms with E-state index < -0.39 is 11.9 Å². The van der Waals surface area contributed by atoms with Gasteiger partial charge in [0.05, 0.1) is 11.4 Å². The summed E-state index contributed by atoms with van der Waals surface area (Å²) in [5, 5.41) is 0. The van der Waals surface area contributed by atoms with Gasteiger partial charge in [-0.3, -0.25) is 0 Å². The van der Waals surface area contributed by atoms with Crippen LogP contribution in [-0.2, 0) is 6.18 Å². The average molecular weight is 206 g/mol. The van der Waals surface area contributed by atoms with Crippen LogP contribution in [0.2, 0.25) is 0 Å². The molecule has 0 aliphatic rings. The van der Waals surface area contributed by atoms with E-state index in [0.717, 1.165) is 6.07 Å². The SMILES string of the molecule is CC.Cc1nc(C(F)(F)F)ccc1N. The summed E-state index contributed by atoms with van der Waals surface area (Å²) < 4.78 is 36.0. The van der Waals surface area contributed by atoms with Crippen molar-refractivity contribution in [3.05, 3.63) is 23.5 Å². The number of halogens is 3. The monoisotopic (exact) mass is 206 g/mol. The molecule has 1 rings (SSSR count). The van der Waals surface area contributed by atoms with E-state index in [0.29, 0.717) is 0 Å². The number of pyridine rings is 1. The zero-order valence-corrected chi connectivity index (χ0v) is 8.31. The van der Waals surface area contributed by atoms with Crippen molar-refractivity contribution in [1.82, 2.24) is 4.98 Å². The van der Waals surface area contributed by atoms with E-state index in [-0.39, 0.29) is 11.4 Å². The van der Waals surface area contributed by atoms with Gasteiger partial charge in [-0.15, -0.1) is 0 Å². The van der Waals surface area contributed by atoms with Crippen molar-refractivity contribution in [1.29, 1.82) is 0 Å². The number of nitrogen functional groups attached to an aromatic ring is 1. The van der Waals surface area contributed by atoms with E-state index >= 15 is 0 Å². The van der Waals surface area contributed by atoms with E-state index in [1.165, 1.54) is 13.0 Å². The van der Waals surface area contributed by atoms with Crippen LogP contribution in [0.4, 0.5) is 18.9 Å². The third-order valence-corrected chi connectivity index (χ3v) is 1.42. The molecule has 1 aromatic rings. The van der Waals surface area contributed by atoms with Gasteiger partial charge in [-0.1, -0.05) is 13.8 Å². The molecule has 0 aromatic carbocycles. The summed E-state index contributed by atoms with van der Waals surface area (Å²) in [5.41, 5.74) is 4.86. The Hall–Kier alpha value is -1.26. The maximum Gasteiger partial charge on any atom is 0.433 e. The fraction of sp³-hybridized carbons (Fsp3) is 0.444. The maximum absolute atomic E-state index is 12.0. The number of nitrogens with two attached hydrogens (primary N) is 1. The van der Waals surface area contributed by atoms with Gasteiger partial charge in [0.1, 0.15) is 5.69 Å². The number of rotatable bonds is 0. The second-order valence-electron chi connectivity index (χ2n) is 2.37. The lowest BCUT2D eigenvalue weighted by atomic mass is 10.2. The predicted molar refractivity (Wildman–Crippen MR) is 49.7 cm³/mol.